The zero-order valence-electron chi connectivity index (χ0n) is 10.6. The minimum atomic E-state index is -1.30. The van der Waals surface area contributed by atoms with Gasteiger partial charge in [0, 0.05) is 25.9 Å². The lowest BCUT2D eigenvalue weighted by atomic mass is 10.2. The molecule has 1 aromatic rings. The summed E-state index contributed by atoms with van der Waals surface area (Å²) < 4.78 is 0. The molecule has 0 aromatic carbocycles. The SMILES string of the molecule is CN1CCC(Nc2ncc(C(=O)O)cc2[N+](=O)[O-])C1=O. The summed E-state index contributed by atoms with van der Waals surface area (Å²) in [6.45, 7) is 0.553. The fraction of sp³-hybridized carbons (Fsp3) is 0.364. The second-order valence-corrected chi connectivity index (χ2v) is 4.40. The van der Waals surface area contributed by atoms with Crippen molar-refractivity contribution in [1.29, 1.82) is 0 Å². The number of carboxylic acid groups (broad SMARTS) is 1. The third-order valence-corrected chi connectivity index (χ3v) is 3.05. The number of amides is 1. The molecule has 1 unspecified atom stereocenters. The maximum absolute atomic E-state index is 11.7. The number of nitrogens with one attached hydrogen (secondary N) is 1. The van der Waals surface area contributed by atoms with Crippen LogP contribution in [0.2, 0.25) is 0 Å². The van der Waals surface area contributed by atoms with E-state index < -0.39 is 22.6 Å². The van der Waals surface area contributed by atoms with Gasteiger partial charge in [-0.3, -0.25) is 14.9 Å². The van der Waals surface area contributed by atoms with Gasteiger partial charge in [0.05, 0.1) is 10.5 Å². The number of carboxylic acids is 1. The van der Waals surface area contributed by atoms with Crippen LogP contribution in [0, 0.1) is 10.1 Å². The molecule has 2 N–H and O–H groups in total. The zero-order chi connectivity index (χ0) is 14.9. The van der Waals surface area contributed by atoms with Crippen LogP contribution in [0.5, 0.6) is 0 Å². The van der Waals surface area contributed by atoms with E-state index in [4.69, 9.17) is 5.11 Å². The van der Waals surface area contributed by atoms with Gasteiger partial charge in [-0.15, -0.1) is 0 Å². The summed E-state index contributed by atoms with van der Waals surface area (Å²) in [5.41, 5.74) is -0.746. The Balaban J connectivity index is 2.30. The number of carbonyl (C=O) groups is 2. The molecular weight excluding hydrogens is 268 g/mol. The molecule has 2 rings (SSSR count). The number of hydrogen-bond acceptors (Lipinski definition) is 6. The van der Waals surface area contributed by atoms with Gasteiger partial charge in [-0.05, 0) is 6.42 Å². The summed E-state index contributed by atoms with van der Waals surface area (Å²) in [5, 5.41) is 22.5. The lowest BCUT2D eigenvalue weighted by Crippen LogP contribution is -2.31. The van der Waals surface area contributed by atoms with E-state index >= 15 is 0 Å². The lowest BCUT2D eigenvalue weighted by molar-refractivity contribution is -0.384. The predicted molar refractivity (Wildman–Crippen MR) is 67.5 cm³/mol. The molecule has 20 heavy (non-hydrogen) atoms. The van der Waals surface area contributed by atoms with Crippen molar-refractivity contribution >= 4 is 23.4 Å². The Bertz CT molecular complexity index is 588. The van der Waals surface area contributed by atoms with Gasteiger partial charge in [0.25, 0.3) is 0 Å². The van der Waals surface area contributed by atoms with Gasteiger partial charge in [-0.2, -0.15) is 0 Å². The number of likely N-dealkylation sites (tertiary alicyclic amines) is 1. The van der Waals surface area contributed by atoms with Crippen molar-refractivity contribution in [3.05, 3.63) is 27.9 Å². The largest absolute Gasteiger partial charge is 0.478 e. The van der Waals surface area contributed by atoms with E-state index in [0.717, 1.165) is 12.3 Å². The van der Waals surface area contributed by atoms with Gasteiger partial charge in [0.15, 0.2) is 0 Å². The fourth-order valence-corrected chi connectivity index (χ4v) is 1.94. The van der Waals surface area contributed by atoms with E-state index in [0.29, 0.717) is 13.0 Å². The molecule has 0 saturated carbocycles. The van der Waals surface area contributed by atoms with Crippen LogP contribution in [-0.2, 0) is 4.79 Å². The third kappa shape index (κ3) is 2.51. The van der Waals surface area contributed by atoms with Gasteiger partial charge in [-0.25, -0.2) is 9.78 Å². The smallest absolute Gasteiger partial charge is 0.337 e. The molecule has 0 radical (unpaired) electrons. The van der Waals surface area contributed by atoms with Crippen molar-refractivity contribution in [2.75, 3.05) is 18.9 Å². The molecule has 1 aliphatic rings. The highest BCUT2D eigenvalue weighted by molar-refractivity contribution is 5.90. The Morgan fingerprint density at radius 1 is 1.65 bits per heavy atom. The first-order valence-corrected chi connectivity index (χ1v) is 5.79. The standard InChI is InChI=1S/C11H12N4O5/c1-14-3-2-7(10(14)16)13-9-8(15(19)20)4-6(5-12-9)11(17)18/h4-5,7H,2-3H2,1H3,(H,12,13)(H,17,18). The number of aromatic carboxylic acids is 1. The Hall–Kier alpha value is -2.71. The van der Waals surface area contributed by atoms with Crippen LogP contribution in [0.3, 0.4) is 0 Å². The van der Waals surface area contributed by atoms with Gasteiger partial charge >= 0.3 is 11.7 Å². The number of nitrogens with zero attached hydrogens (tertiary/aromatic N) is 3. The second kappa shape index (κ2) is 5.11. The average Bonchev–Trinajstić information content (AvgIpc) is 2.70. The van der Waals surface area contributed by atoms with Crippen LogP contribution in [0.25, 0.3) is 0 Å². The molecule has 9 nitrogen and oxygen atoms in total. The second-order valence-electron chi connectivity index (χ2n) is 4.40. The Kier molecular flexibility index (Phi) is 3.51. The number of carbonyl (C=O) groups excluding carboxylic acids is 1. The number of aromatic nitrogens is 1. The first-order valence-electron chi connectivity index (χ1n) is 5.79. The molecule has 106 valence electrons. The zero-order valence-corrected chi connectivity index (χ0v) is 10.6. The van der Waals surface area contributed by atoms with Crippen LogP contribution >= 0.6 is 0 Å². The average molecular weight is 280 g/mol. The molecular formula is C11H12N4O5. The highest BCUT2D eigenvalue weighted by Gasteiger charge is 2.31. The van der Waals surface area contributed by atoms with E-state index in [-0.39, 0.29) is 17.3 Å². The summed E-state index contributed by atoms with van der Waals surface area (Å²) in [7, 11) is 1.64. The van der Waals surface area contributed by atoms with Crippen molar-refractivity contribution in [3.63, 3.8) is 0 Å². The number of hydrogen-bond donors (Lipinski definition) is 2. The van der Waals surface area contributed by atoms with Crippen molar-refractivity contribution in [3.8, 4) is 0 Å². The molecule has 0 bridgehead atoms. The Morgan fingerprint density at radius 2 is 2.35 bits per heavy atom. The van der Waals surface area contributed by atoms with Gasteiger partial charge in [0.2, 0.25) is 11.7 Å². The molecule has 1 amide bonds. The van der Waals surface area contributed by atoms with Crippen LogP contribution in [-0.4, -0.2) is 51.4 Å². The van der Waals surface area contributed by atoms with Crippen LogP contribution in [0.4, 0.5) is 11.5 Å². The predicted octanol–water partition coefficient (Wildman–Crippen LogP) is 0.331. The van der Waals surface area contributed by atoms with E-state index in [1.54, 1.807) is 7.05 Å². The molecule has 2 heterocycles. The van der Waals surface area contributed by atoms with Crippen molar-refractivity contribution in [2.24, 2.45) is 0 Å². The number of nitro groups is 1. The van der Waals surface area contributed by atoms with Crippen LogP contribution in [0.1, 0.15) is 16.8 Å². The summed E-state index contributed by atoms with van der Waals surface area (Å²) in [5.74, 6) is -1.58. The van der Waals surface area contributed by atoms with Crippen molar-refractivity contribution < 1.29 is 19.6 Å². The van der Waals surface area contributed by atoms with E-state index in [1.165, 1.54) is 4.90 Å². The minimum absolute atomic E-state index is 0.103. The van der Waals surface area contributed by atoms with Crippen molar-refractivity contribution in [2.45, 2.75) is 12.5 Å². The van der Waals surface area contributed by atoms with Crippen LogP contribution in [0.15, 0.2) is 12.3 Å². The maximum atomic E-state index is 11.7. The summed E-state index contributed by atoms with van der Waals surface area (Å²) in [4.78, 5) is 38.0. The Morgan fingerprint density at radius 3 is 2.85 bits per heavy atom. The number of anilines is 1. The van der Waals surface area contributed by atoms with E-state index in [2.05, 4.69) is 10.3 Å². The van der Waals surface area contributed by atoms with Crippen molar-refractivity contribution in [1.82, 2.24) is 9.88 Å². The third-order valence-electron chi connectivity index (χ3n) is 3.05. The number of pyridine rings is 1. The highest BCUT2D eigenvalue weighted by Crippen LogP contribution is 2.25. The van der Waals surface area contributed by atoms with E-state index in [1.807, 2.05) is 0 Å². The van der Waals surface area contributed by atoms with Crippen LogP contribution < -0.4 is 5.32 Å². The summed E-state index contributed by atoms with van der Waals surface area (Å²) in [6.07, 6.45) is 1.52. The van der Waals surface area contributed by atoms with E-state index in [9.17, 15) is 19.7 Å². The van der Waals surface area contributed by atoms with Gasteiger partial charge < -0.3 is 15.3 Å². The van der Waals surface area contributed by atoms with Gasteiger partial charge in [0.1, 0.15) is 6.04 Å². The first-order chi connectivity index (χ1) is 9.40. The first kappa shape index (κ1) is 13.7. The Labute approximate surface area is 113 Å². The summed E-state index contributed by atoms with van der Waals surface area (Å²) >= 11 is 0. The molecule has 1 saturated heterocycles. The monoisotopic (exact) mass is 280 g/mol. The maximum Gasteiger partial charge on any atom is 0.337 e. The number of likely N-dealkylation sites (N-methyl/N-ethyl adjacent to an activating group) is 1. The van der Waals surface area contributed by atoms with Gasteiger partial charge in [-0.1, -0.05) is 0 Å². The summed E-state index contributed by atoms with van der Waals surface area (Å²) in [6, 6.07) is 0.336. The molecule has 9 heteroatoms. The molecule has 1 fully saturated rings. The minimum Gasteiger partial charge on any atom is -0.478 e. The highest BCUT2D eigenvalue weighted by atomic mass is 16.6. The quantitative estimate of drug-likeness (QED) is 0.601. The number of rotatable bonds is 4. The lowest BCUT2D eigenvalue weighted by Gasteiger charge is -2.12. The molecule has 1 atom stereocenters. The normalized spacial score (nSPS) is 18.1. The molecule has 0 aliphatic carbocycles. The molecule has 1 aromatic heterocycles. The fourth-order valence-electron chi connectivity index (χ4n) is 1.94. The topological polar surface area (TPSA) is 126 Å². The molecule has 0 spiro atoms. The molecule has 1 aliphatic heterocycles.